The van der Waals surface area contributed by atoms with Gasteiger partial charge in [0, 0.05) is 5.56 Å². The van der Waals surface area contributed by atoms with Crippen molar-refractivity contribution in [3.63, 3.8) is 0 Å². The molecule has 0 aliphatic carbocycles. The highest BCUT2D eigenvalue weighted by atomic mass is 32.2. The molecule has 0 heterocycles. The van der Waals surface area contributed by atoms with Crippen LogP contribution in [0.4, 0.5) is 30.7 Å². The van der Waals surface area contributed by atoms with Crippen molar-refractivity contribution in [2.75, 3.05) is 5.75 Å². The monoisotopic (exact) mass is 438 g/mol. The molecule has 0 fully saturated rings. The molecular formula is C16H17F7O4S. The van der Waals surface area contributed by atoms with Gasteiger partial charge in [-0.25, -0.2) is 17.6 Å². The minimum Gasteiger partial charge on any atom is -0.478 e. The number of rotatable bonds is 6. The standard InChI is InChI=1S/C16H17F7O4S/c1-4-9-10(13(24)25)5-6-11(12(9)28(26,27)7-8(2)3)14(17,15(18,19)20)16(21,22)23/h5-6,8H,4,7H2,1-3H3,(H,24,25). The van der Waals surface area contributed by atoms with Crippen LogP contribution in [0.5, 0.6) is 0 Å². The first-order valence-corrected chi connectivity index (χ1v) is 9.51. The molecule has 160 valence electrons. The number of carbonyl (C=O) groups is 1. The lowest BCUT2D eigenvalue weighted by atomic mass is 9.90. The predicted octanol–water partition coefficient (Wildman–Crippen LogP) is 4.67. The highest BCUT2D eigenvalue weighted by Crippen LogP contribution is 2.55. The topological polar surface area (TPSA) is 71.4 Å². The van der Waals surface area contributed by atoms with E-state index in [1.165, 1.54) is 13.8 Å². The van der Waals surface area contributed by atoms with Crippen LogP contribution in [-0.2, 0) is 21.9 Å². The second-order valence-corrected chi connectivity index (χ2v) is 8.43. The van der Waals surface area contributed by atoms with Crippen LogP contribution < -0.4 is 0 Å². The molecule has 0 unspecified atom stereocenters. The van der Waals surface area contributed by atoms with E-state index in [-0.39, 0.29) is 6.07 Å². The molecular weight excluding hydrogens is 421 g/mol. The van der Waals surface area contributed by atoms with Crippen molar-refractivity contribution in [2.24, 2.45) is 5.92 Å². The molecule has 4 nitrogen and oxygen atoms in total. The quantitative estimate of drug-likeness (QED) is 0.656. The van der Waals surface area contributed by atoms with Gasteiger partial charge in [-0.05, 0) is 24.0 Å². The summed E-state index contributed by atoms with van der Waals surface area (Å²) in [6, 6.07) is 0.271. The van der Waals surface area contributed by atoms with E-state index in [0.29, 0.717) is 6.07 Å². The van der Waals surface area contributed by atoms with E-state index in [2.05, 4.69) is 0 Å². The molecule has 0 bridgehead atoms. The molecule has 1 aromatic carbocycles. The Bertz CT molecular complexity index is 841. The van der Waals surface area contributed by atoms with E-state index in [4.69, 9.17) is 5.11 Å². The summed E-state index contributed by atoms with van der Waals surface area (Å²) in [6.45, 7) is 3.81. The Balaban J connectivity index is 4.20. The molecule has 0 aliphatic rings. The first-order valence-electron chi connectivity index (χ1n) is 7.86. The zero-order chi connectivity index (χ0) is 22.3. The number of halogens is 7. The minimum absolute atomic E-state index is 0.0726. The minimum atomic E-state index is -6.54. The molecule has 0 amide bonds. The Hall–Kier alpha value is -1.85. The summed E-state index contributed by atoms with van der Waals surface area (Å²) < 4.78 is 119. The molecule has 0 radical (unpaired) electrons. The van der Waals surface area contributed by atoms with E-state index >= 15 is 0 Å². The summed E-state index contributed by atoms with van der Waals surface area (Å²) in [7, 11) is -4.90. The molecule has 0 aliphatic heterocycles. The van der Waals surface area contributed by atoms with Crippen LogP contribution in [0.1, 0.15) is 42.3 Å². The highest BCUT2D eigenvalue weighted by molar-refractivity contribution is 7.91. The summed E-state index contributed by atoms with van der Waals surface area (Å²) >= 11 is 0. The lowest BCUT2D eigenvalue weighted by Crippen LogP contribution is -2.51. The average Bonchev–Trinajstić information content (AvgIpc) is 2.48. The number of aromatic carboxylic acids is 1. The van der Waals surface area contributed by atoms with Crippen LogP contribution in [0.25, 0.3) is 0 Å². The van der Waals surface area contributed by atoms with Gasteiger partial charge in [0.25, 0.3) is 0 Å². The third kappa shape index (κ3) is 4.11. The van der Waals surface area contributed by atoms with Gasteiger partial charge in [0.05, 0.1) is 16.2 Å². The third-order valence-corrected chi connectivity index (χ3v) is 6.05. The van der Waals surface area contributed by atoms with Crippen LogP contribution in [0, 0.1) is 5.92 Å². The maximum atomic E-state index is 14.7. The second-order valence-electron chi connectivity index (χ2n) is 6.46. The molecule has 0 aromatic heterocycles. The SMILES string of the molecule is CCc1c(C(=O)O)ccc(C(F)(C(F)(F)F)C(F)(F)F)c1S(=O)(=O)CC(C)C. The van der Waals surface area contributed by atoms with Gasteiger partial charge in [-0.1, -0.05) is 26.8 Å². The van der Waals surface area contributed by atoms with Gasteiger partial charge in [-0.15, -0.1) is 0 Å². The Kier molecular flexibility index (Phi) is 6.50. The molecule has 0 spiro atoms. The van der Waals surface area contributed by atoms with E-state index in [1.54, 1.807) is 0 Å². The number of hydrogen-bond donors (Lipinski definition) is 1. The highest BCUT2D eigenvalue weighted by Gasteiger charge is 2.74. The fourth-order valence-electron chi connectivity index (χ4n) is 2.79. The van der Waals surface area contributed by atoms with Gasteiger partial charge < -0.3 is 5.11 Å². The number of sulfone groups is 1. The van der Waals surface area contributed by atoms with Gasteiger partial charge >= 0.3 is 24.0 Å². The molecule has 0 saturated heterocycles. The molecule has 28 heavy (non-hydrogen) atoms. The number of benzene rings is 1. The zero-order valence-electron chi connectivity index (χ0n) is 14.9. The summed E-state index contributed by atoms with van der Waals surface area (Å²) in [6.07, 6.45) is -13.6. The molecule has 1 N–H and O–H groups in total. The average molecular weight is 438 g/mol. The van der Waals surface area contributed by atoms with Gasteiger partial charge in [-0.3, -0.25) is 0 Å². The lowest BCUT2D eigenvalue weighted by Gasteiger charge is -2.32. The van der Waals surface area contributed by atoms with Crippen LogP contribution in [-0.4, -0.2) is 37.6 Å². The first-order chi connectivity index (χ1) is 12.4. The smallest absolute Gasteiger partial charge is 0.435 e. The number of hydrogen-bond acceptors (Lipinski definition) is 3. The van der Waals surface area contributed by atoms with Gasteiger partial charge in [0.15, 0.2) is 9.84 Å². The van der Waals surface area contributed by atoms with Gasteiger partial charge in [0.2, 0.25) is 0 Å². The summed E-state index contributed by atoms with van der Waals surface area (Å²) in [5.74, 6) is -3.41. The number of carboxylic acids is 1. The Labute approximate surface area is 156 Å². The third-order valence-electron chi connectivity index (χ3n) is 3.86. The van der Waals surface area contributed by atoms with E-state index in [9.17, 15) is 43.9 Å². The number of alkyl halides is 7. The van der Waals surface area contributed by atoms with E-state index < -0.39 is 73.5 Å². The van der Waals surface area contributed by atoms with Crippen LogP contribution in [0.3, 0.4) is 0 Å². The largest absolute Gasteiger partial charge is 0.478 e. The lowest BCUT2D eigenvalue weighted by molar-refractivity contribution is -0.349. The van der Waals surface area contributed by atoms with E-state index in [0.717, 1.165) is 6.92 Å². The molecule has 12 heteroatoms. The van der Waals surface area contributed by atoms with Crippen molar-refractivity contribution in [3.8, 4) is 0 Å². The van der Waals surface area contributed by atoms with Crippen molar-refractivity contribution in [1.29, 1.82) is 0 Å². The van der Waals surface area contributed by atoms with E-state index in [1.807, 2.05) is 0 Å². The van der Waals surface area contributed by atoms with Crippen molar-refractivity contribution in [1.82, 2.24) is 0 Å². The summed E-state index contributed by atoms with van der Waals surface area (Å²) in [5, 5.41) is 9.15. The van der Waals surface area contributed by atoms with Crippen LogP contribution in [0.2, 0.25) is 0 Å². The molecule has 1 rings (SSSR count). The van der Waals surface area contributed by atoms with Crippen LogP contribution >= 0.6 is 0 Å². The van der Waals surface area contributed by atoms with Gasteiger partial charge in [-0.2, -0.15) is 26.3 Å². The maximum Gasteiger partial charge on any atom is 0.435 e. The normalized spacial score (nSPS) is 13.8. The molecule has 0 atom stereocenters. The molecule has 1 aromatic rings. The predicted molar refractivity (Wildman–Crippen MR) is 84.6 cm³/mol. The van der Waals surface area contributed by atoms with Crippen molar-refractivity contribution >= 4 is 15.8 Å². The molecule has 0 saturated carbocycles. The van der Waals surface area contributed by atoms with Crippen molar-refractivity contribution < 1.29 is 49.1 Å². The second kappa shape index (κ2) is 7.53. The maximum absolute atomic E-state index is 14.7. The Morgan fingerprint density at radius 2 is 1.50 bits per heavy atom. The summed E-state index contributed by atoms with van der Waals surface area (Å²) in [4.78, 5) is 9.72. The fourth-order valence-corrected chi connectivity index (χ4v) is 5.01. The fraction of sp³-hybridized carbons (Fsp3) is 0.562. The van der Waals surface area contributed by atoms with Crippen molar-refractivity contribution in [2.45, 2.75) is 50.1 Å². The summed E-state index contributed by atoms with van der Waals surface area (Å²) in [5.41, 5.74) is -9.82. The zero-order valence-corrected chi connectivity index (χ0v) is 15.7. The van der Waals surface area contributed by atoms with Crippen molar-refractivity contribution in [3.05, 3.63) is 28.8 Å². The van der Waals surface area contributed by atoms with Gasteiger partial charge in [0.1, 0.15) is 0 Å². The Morgan fingerprint density at radius 1 is 1.04 bits per heavy atom. The Morgan fingerprint density at radius 3 is 1.82 bits per heavy atom. The van der Waals surface area contributed by atoms with Crippen LogP contribution in [0.15, 0.2) is 17.0 Å². The first kappa shape index (κ1) is 24.2. The number of carboxylic acid groups (broad SMARTS) is 1.